The average molecular weight is 277 g/mol. The van der Waals surface area contributed by atoms with Crippen molar-refractivity contribution in [1.29, 1.82) is 0 Å². The van der Waals surface area contributed by atoms with Crippen LogP contribution in [-0.4, -0.2) is 16.5 Å². The lowest BCUT2D eigenvalue weighted by molar-refractivity contribution is 0.585. The summed E-state index contributed by atoms with van der Waals surface area (Å²) in [5, 5.41) is 3.08. The molecule has 0 atom stereocenters. The summed E-state index contributed by atoms with van der Waals surface area (Å²) >= 11 is 0. The van der Waals surface area contributed by atoms with E-state index in [0.29, 0.717) is 17.9 Å². The fourth-order valence-corrected chi connectivity index (χ4v) is 2.44. The first-order chi connectivity index (χ1) is 9.65. The minimum atomic E-state index is -0.696. The summed E-state index contributed by atoms with van der Waals surface area (Å²) < 4.78 is 26.9. The van der Waals surface area contributed by atoms with Gasteiger partial charge in [0.1, 0.15) is 17.5 Å². The van der Waals surface area contributed by atoms with Crippen LogP contribution in [0.25, 0.3) is 11.3 Å². The Kier molecular flexibility index (Phi) is 3.22. The number of halogens is 2. The zero-order valence-electron chi connectivity index (χ0n) is 10.7. The summed E-state index contributed by atoms with van der Waals surface area (Å²) in [7, 11) is 0. The molecule has 0 bridgehead atoms. The zero-order valence-corrected chi connectivity index (χ0v) is 10.7. The van der Waals surface area contributed by atoms with Crippen molar-refractivity contribution in [2.75, 3.05) is 11.9 Å². The quantitative estimate of drug-likeness (QED) is 0.842. The van der Waals surface area contributed by atoms with Gasteiger partial charge in [-0.15, -0.1) is 0 Å². The van der Waals surface area contributed by atoms with Crippen molar-refractivity contribution >= 4 is 5.82 Å². The maximum atomic E-state index is 13.9. The SMILES string of the molecule is O=c1nc2c(c(-c3ccc(F)cc3F)[nH]1)CCCCN2. The van der Waals surface area contributed by atoms with Crippen molar-refractivity contribution in [2.45, 2.75) is 19.3 Å². The van der Waals surface area contributed by atoms with Gasteiger partial charge in [-0.1, -0.05) is 0 Å². The van der Waals surface area contributed by atoms with Gasteiger partial charge in [-0.2, -0.15) is 4.98 Å². The van der Waals surface area contributed by atoms with E-state index >= 15 is 0 Å². The highest BCUT2D eigenvalue weighted by Gasteiger charge is 2.18. The number of benzene rings is 1. The average Bonchev–Trinajstić information content (AvgIpc) is 2.63. The molecule has 0 spiro atoms. The molecule has 0 radical (unpaired) electrons. The second-order valence-corrected chi connectivity index (χ2v) is 4.75. The molecule has 20 heavy (non-hydrogen) atoms. The van der Waals surface area contributed by atoms with Gasteiger partial charge in [-0.3, -0.25) is 0 Å². The lowest BCUT2D eigenvalue weighted by Crippen LogP contribution is -2.17. The van der Waals surface area contributed by atoms with Gasteiger partial charge in [0.15, 0.2) is 0 Å². The Morgan fingerprint density at radius 1 is 1.20 bits per heavy atom. The van der Waals surface area contributed by atoms with E-state index in [0.717, 1.165) is 31.0 Å². The minimum Gasteiger partial charge on any atom is -0.370 e. The number of nitrogens with one attached hydrogen (secondary N) is 2. The van der Waals surface area contributed by atoms with Gasteiger partial charge in [-0.05, 0) is 31.4 Å². The largest absolute Gasteiger partial charge is 0.370 e. The monoisotopic (exact) mass is 277 g/mol. The van der Waals surface area contributed by atoms with Crippen molar-refractivity contribution in [2.24, 2.45) is 0 Å². The fourth-order valence-electron chi connectivity index (χ4n) is 2.44. The maximum absolute atomic E-state index is 13.9. The van der Waals surface area contributed by atoms with Crippen LogP contribution in [0.3, 0.4) is 0 Å². The van der Waals surface area contributed by atoms with Crippen molar-refractivity contribution in [1.82, 2.24) is 9.97 Å². The standard InChI is InChI=1S/C14H13F2N3O/c15-8-4-5-9(11(16)7-8)12-10-3-1-2-6-17-13(10)19-14(20)18-12/h4-5,7H,1-3,6H2,(H2,17,18,19,20). The van der Waals surface area contributed by atoms with Gasteiger partial charge in [0.2, 0.25) is 0 Å². The first-order valence-electron chi connectivity index (χ1n) is 6.47. The second-order valence-electron chi connectivity index (χ2n) is 4.75. The Hall–Kier alpha value is -2.24. The van der Waals surface area contributed by atoms with Crippen molar-refractivity contribution in [3.8, 4) is 11.3 Å². The number of aromatic amines is 1. The molecule has 2 heterocycles. The predicted octanol–water partition coefficient (Wildman–Crippen LogP) is 2.46. The van der Waals surface area contributed by atoms with Crippen molar-refractivity contribution < 1.29 is 8.78 Å². The first kappa shape index (κ1) is 12.8. The summed E-state index contributed by atoms with van der Waals surface area (Å²) in [6.07, 6.45) is 2.57. The Morgan fingerprint density at radius 3 is 2.85 bits per heavy atom. The van der Waals surface area contributed by atoms with Gasteiger partial charge >= 0.3 is 5.69 Å². The van der Waals surface area contributed by atoms with E-state index in [2.05, 4.69) is 15.3 Å². The van der Waals surface area contributed by atoms with E-state index in [1.165, 1.54) is 12.1 Å². The van der Waals surface area contributed by atoms with Crippen molar-refractivity contribution in [3.05, 3.63) is 45.9 Å². The van der Waals surface area contributed by atoms with Crippen molar-refractivity contribution in [3.63, 3.8) is 0 Å². The molecule has 0 aliphatic carbocycles. The Labute approximate surface area is 113 Å². The third-order valence-corrected chi connectivity index (χ3v) is 3.38. The summed E-state index contributed by atoms with van der Waals surface area (Å²) in [4.78, 5) is 18.1. The molecule has 4 nitrogen and oxygen atoms in total. The van der Waals surface area contributed by atoms with Gasteiger partial charge < -0.3 is 10.3 Å². The maximum Gasteiger partial charge on any atom is 0.347 e. The van der Waals surface area contributed by atoms with Gasteiger partial charge in [0.25, 0.3) is 0 Å². The summed E-state index contributed by atoms with van der Waals surface area (Å²) in [6, 6.07) is 3.32. The van der Waals surface area contributed by atoms with Crippen LogP contribution in [0, 0.1) is 11.6 Å². The van der Waals surface area contributed by atoms with Crippen LogP contribution in [0.1, 0.15) is 18.4 Å². The lowest BCUT2D eigenvalue weighted by Gasteiger charge is -2.12. The molecule has 1 aromatic heterocycles. The Balaban J connectivity index is 2.22. The smallest absolute Gasteiger partial charge is 0.347 e. The van der Waals surface area contributed by atoms with Crippen LogP contribution in [0.4, 0.5) is 14.6 Å². The normalized spacial score (nSPS) is 14.3. The van der Waals surface area contributed by atoms with E-state index in [9.17, 15) is 13.6 Å². The minimum absolute atomic E-state index is 0.186. The highest BCUT2D eigenvalue weighted by Crippen LogP contribution is 2.29. The molecule has 2 aromatic rings. The van der Waals surface area contributed by atoms with Crippen LogP contribution in [0.15, 0.2) is 23.0 Å². The third-order valence-electron chi connectivity index (χ3n) is 3.38. The van der Waals surface area contributed by atoms with E-state index < -0.39 is 17.3 Å². The number of hydrogen-bond donors (Lipinski definition) is 2. The molecule has 1 aliphatic rings. The highest BCUT2D eigenvalue weighted by molar-refractivity contribution is 5.69. The summed E-state index contributed by atoms with van der Waals surface area (Å²) in [5.74, 6) is -0.852. The third kappa shape index (κ3) is 2.29. The summed E-state index contributed by atoms with van der Waals surface area (Å²) in [5.41, 5.74) is 0.794. The number of rotatable bonds is 1. The number of nitrogens with zero attached hydrogens (tertiary/aromatic N) is 1. The zero-order chi connectivity index (χ0) is 14.1. The molecule has 2 N–H and O–H groups in total. The van der Waals surface area contributed by atoms with E-state index in [-0.39, 0.29) is 5.56 Å². The molecule has 0 amide bonds. The Morgan fingerprint density at radius 2 is 2.05 bits per heavy atom. The Bertz CT molecular complexity index is 712. The molecule has 1 aliphatic heterocycles. The fraction of sp³-hybridized carbons (Fsp3) is 0.286. The molecule has 6 heteroatoms. The highest BCUT2D eigenvalue weighted by atomic mass is 19.1. The molecule has 1 aromatic carbocycles. The van der Waals surface area contributed by atoms with E-state index in [1.54, 1.807) is 0 Å². The van der Waals surface area contributed by atoms with E-state index in [4.69, 9.17) is 0 Å². The molecule has 104 valence electrons. The number of anilines is 1. The van der Waals surface area contributed by atoms with Gasteiger partial charge in [0.05, 0.1) is 5.69 Å². The molecule has 0 saturated heterocycles. The molecule has 0 fully saturated rings. The first-order valence-corrected chi connectivity index (χ1v) is 6.47. The number of fused-ring (bicyclic) bond motifs is 1. The number of hydrogen-bond acceptors (Lipinski definition) is 3. The van der Waals surface area contributed by atoms with Crippen LogP contribution in [0.2, 0.25) is 0 Å². The predicted molar refractivity (Wildman–Crippen MR) is 71.6 cm³/mol. The topological polar surface area (TPSA) is 57.8 Å². The van der Waals surface area contributed by atoms with Crippen LogP contribution in [0.5, 0.6) is 0 Å². The number of aromatic nitrogens is 2. The van der Waals surface area contributed by atoms with Crippen LogP contribution >= 0.6 is 0 Å². The number of H-pyrrole nitrogens is 1. The van der Waals surface area contributed by atoms with Gasteiger partial charge in [0, 0.05) is 23.7 Å². The summed E-state index contributed by atoms with van der Waals surface area (Å²) in [6.45, 7) is 0.731. The van der Waals surface area contributed by atoms with Crippen LogP contribution < -0.4 is 11.0 Å². The molecular weight excluding hydrogens is 264 g/mol. The molecule has 0 unspecified atom stereocenters. The molecule has 0 saturated carbocycles. The lowest BCUT2D eigenvalue weighted by atomic mass is 10.0. The molecule has 3 rings (SSSR count). The second kappa shape index (κ2) is 5.03. The van der Waals surface area contributed by atoms with E-state index in [1.807, 2.05) is 0 Å². The van der Waals surface area contributed by atoms with Gasteiger partial charge in [-0.25, -0.2) is 13.6 Å². The van der Waals surface area contributed by atoms with Crippen LogP contribution in [-0.2, 0) is 6.42 Å². The molecular formula is C14H13F2N3O.